The quantitative estimate of drug-likeness (QED) is 0.863. The molecule has 0 aliphatic carbocycles. The number of carbonyl (C=O) groups excluding carboxylic acids is 1. The summed E-state index contributed by atoms with van der Waals surface area (Å²) in [5.41, 5.74) is 5.07. The summed E-state index contributed by atoms with van der Waals surface area (Å²) in [5.74, 6) is 0.250. The van der Waals surface area contributed by atoms with Crippen LogP contribution in [0.2, 0.25) is 0 Å². The molecule has 0 unspecified atom stereocenters. The van der Waals surface area contributed by atoms with Crippen LogP contribution in [0.3, 0.4) is 0 Å². The van der Waals surface area contributed by atoms with Gasteiger partial charge in [-0.2, -0.15) is 0 Å². The van der Waals surface area contributed by atoms with Crippen molar-refractivity contribution in [2.75, 3.05) is 26.2 Å². The van der Waals surface area contributed by atoms with Crippen LogP contribution < -0.4 is 0 Å². The van der Waals surface area contributed by atoms with E-state index in [-0.39, 0.29) is 5.91 Å². The molecule has 1 saturated heterocycles. The highest BCUT2D eigenvalue weighted by Gasteiger charge is 2.21. The first kappa shape index (κ1) is 16.7. The fraction of sp³-hybridized carbons (Fsp3) is 0.381. The second-order valence-corrected chi connectivity index (χ2v) is 6.69. The molecule has 1 heterocycles. The molecule has 0 bridgehead atoms. The summed E-state index contributed by atoms with van der Waals surface area (Å²) in [6.07, 6.45) is 0.518. The average Bonchev–Trinajstić information content (AvgIpc) is 2.59. The molecule has 3 heteroatoms. The van der Waals surface area contributed by atoms with Crippen molar-refractivity contribution in [2.45, 2.75) is 26.8 Å². The third-order valence-corrected chi connectivity index (χ3v) is 4.98. The van der Waals surface area contributed by atoms with Crippen LogP contribution in [-0.2, 0) is 17.8 Å². The van der Waals surface area contributed by atoms with Crippen molar-refractivity contribution in [3.05, 3.63) is 70.8 Å². The zero-order valence-electron chi connectivity index (χ0n) is 14.7. The van der Waals surface area contributed by atoms with Gasteiger partial charge < -0.3 is 4.90 Å². The summed E-state index contributed by atoms with van der Waals surface area (Å²) >= 11 is 0. The molecule has 0 N–H and O–H groups in total. The lowest BCUT2D eigenvalue weighted by Crippen LogP contribution is -2.48. The average molecular weight is 322 g/mol. The van der Waals surface area contributed by atoms with Gasteiger partial charge in [0, 0.05) is 32.7 Å². The first-order chi connectivity index (χ1) is 11.6. The van der Waals surface area contributed by atoms with Gasteiger partial charge >= 0.3 is 0 Å². The SMILES string of the molecule is Cc1ccccc1CC(=O)N1CCN(Cc2ccccc2C)CC1. The summed E-state index contributed by atoms with van der Waals surface area (Å²) in [7, 11) is 0. The minimum Gasteiger partial charge on any atom is -0.340 e. The van der Waals surface area contributed by atoms with Gasteiger partial charge in [-0.3, -0.25) is 9.69 Å². The smallest absolute Gasteiger partial charge is 0.227 e. The molecule has 0 spiro atoms. The molecule has 1 fully saturated rings. The standard InChI is InChI=1S/C21H26N2O/c1-17-7-3-5-9-19(17)15-21(24)23-13-11-22(12-14-23)16-20-10-6-4-8-18(20)2/h3-10H,11-16H2,1-2H3. The lowest BCUT2D eigenvalue weighted by atomic mass is 10.0. The zero-order valence-corrected chi connectivity index (χ0v) is 14.7. The molecule has 0 atom stereocenters. The number of nitrogens with zero attached hydrogens (tertiary/aromatic N) is 2. The summed E-state index contributed by atoms with van der Waals surface area (Å²) in [5, 5.41) is 0. The molecule has 3 nitrogen and oxygen atoms in total. The summed E-state index contributed by atoms with van der Waals surface area (Å²) in [6.45, 7) is 8.78. The first-order valence-electron chi connectivity index (χ1n) is 8.72. The molecule has 2 aromatic rings. The van der Waals surface area contributed by atoms with E-state index in [0.717, 1.165) is 38.3 Å². The predicted molar refractivity (Wildman–Crippen MR) is 97.9 cm³/mol. The number of carbonyl (C=O) groups is 1. The van der Waals surface area contributed by atoms with E-state index in [2.05, 4.69) is 55.1 Å². The van der Waals surface area contributed by atoms with Gasteiger partial charge in [-0.15, -0.1) is 0 Å². The number of aryl methyl sites for hydroxylation is 2. The molecule has 126 valence electrons. The van der Waals surface area contributed by atoms with Gasteiger partial charge in [0.25, 0.3) is 0 Å². The monoisotopic (exact) mass is 322 g/mol. The van der Waals surface area contributed by atoms with Gasteiger partial charge in [0.1, 0.15) is 0 Å². The normalized spacial score (nSPS) is 15.5. The maximum Gasteiger partial charge on any atom is 0.227 e. The van der Waals surface area contributed by atoms with Crippen molar-refractivity contribution < 1.29 is 4.79 Å². The largest absolute Gasteiger partial charge is 0.340 e. The van der Waals surface area contributed by atoms with Crippen molar-refractivity contribution in [3.8, 4) is 0 Å². The van der Waals surface area contributed by atoms with Crippen LogP contribution in [0, 0.1) is 13.8 Å². The van der Waals surface area contributed by atoms with E-state index in [0.29, 0.717) is 6.42 Å². The van der Waals surface area contributed by atoms with Gasteiger partial charge in [0.2, 0.25) is 5.91 Å². The summed E-state index contributed by atoms with van der Waals surface area (Å²) in [4.78, 5) is 17.0. The van der Waals surface area contributed by atoms with Crippen molar-refractivity contribution >= 4 is 5.91 Å². The third-order valence-electron chi connectivity index (χ3n) is 4.98. The van der Waals surface area contributed by atoms with Crippen LogP contribution in [0.4, 0.5) is 0 Å². The number of amides is 1. The molecular formula is C21H26N2O. The van der Waals surface area contributed by atoms with E-state index in [1.54, 1.807) is 0 Å². The highest BCUT2D eigenvalue weighted by atomic mass is 16.2. The van der Waals surface area contributed by atoms with E-state index in [1.165, 1.54) is 16.7 Å². The summed E-state index contributed by atoms with van der Waals surface area (Å²) < 4.78 is 0. The fourth-order valence-corrected chi connectivity index (χ4v) is 3.27. The number of benzene rings is 2. The Morgan fingerprint density at radius 2 is 1.38 bits per heavy atom. The van der Waals surface area contributed by atoms with E-state index < -0.39 is 0 Å². The second kappa shape index (κ2) is 7.63. The molecule has 3 rings (SSSR count). The molecule has 0 aromatic heterocycles. The minimum atomic E-state index is 0.250. The Morgan fingerprint density at radius 3 is 1.96 bits per heavy atom. The second-order valence-electron chi connectivity index (χ2n) is 6.69. The van der Waals surface area contributed by atoms with Crippen LogP contribution in [-0.4, -0.2) is 41.9 Å². The van der Waals surface area contributed by atoms with E-state index in [4.69, 9.17) is 0 Å². The molecule has 0 radical (unpaired) electrons. The number of rotatable bonds is 4. The van der Waals surface area contributed by atoms with E-state index >= 15 is 0 Å². The Balaban J connectivity index is 1.52. The van der Waals surface area contributed by atoms with E-state index in [9.17, 15) is 4.79 Å². The number of hydrogen-bond acceptors (Lipinski definition) is 2. The Hall–Kier alpha value is -2.13. The van der Waals surface area contributed by atoms with Crippen molar-refractivity contribution in [3.63, 3.8) is 0 Å². The molecule has 0 saturated carbocycles. The van der Waals surface area contributed by atoms with Crippen LogP contribution in [0.1, 0.15) is 22.3 Å². The maximum absolute atomic E-state index is 12.5. The Bertz CT molecular complexity index is 702. The van der Waals surface area contributed by atoms with Crippen molar-refractivity contribution in [2.24, 2.45) is 0 Å². The molecule has 24 heavy (non-hydrogen) atoms. The lowest BCUT2D eigenvalue weighted by Gasteiger charge is -2.35. The van der Waals surface area contributed by atoms with Crippen LogP contribution in [0.15, 0.2) is 48.5 Å². The van der Waals surface area contributed by atoms with Gasteiger partial charge in [0.05, 0.1) is 6.42 Å². The Morgan fingerprint density at radius 1 is 0.833 bits per heavy atom. The van der Waals surface area contributed by atoms with Gasteiger partial charge in [0.15, 0.2) is 0 Å². The Kier molecular flexibility index (Phi) is 5.31. The van der Waals surface area contributed by atoms with Crippen molar-refractivity contribution in [1.82, 2.24) is 9.80 Å². The van der Waals surface area contributed by atoms with Crippen LogP contribution >= 0.6 is 0 Å². The number of piperazine rings is 1. The highest BCUT2D eigenvalue weighted by molar-refractivity contribution is 5.79. The van der Waals surface area contributed by atoms with Gasteiger partial charge in [-0.25, -0.2) is 0 Å². The zero-order chi connectivity index (χ0) is 16.9. The number of hydrogen-bond donors (Lipinski definition) is 0. The molecule has 1 amide bonds. The first-order valence-corrected chi connectivity index (χ1v) is 8.72. The molecule has 1 aliphatic rings. The molecule has 2 aromatic carbocycles. The predicted octanol–water partition coefficient (Wildman–Crippen LogP) is 3.19. The molecule has 1 aliphatic heterocycles. The van der Waals surface area contributed by atoms with Gasteiger partial charge in [-0.05, 0) is 36.1 Å². The minimum absolute atomic E-state index is 0.250. The van der Waals surface area contributed by atoms with Crippen LogP contribution in [0.25, 0.3) is 0 Å². The van der Waals surface area contributed by atoms with Crippen LogP contribution in [0.5, 0.6) is 0 Å². The Labute approximate surface area is 144 Å². The molecular weight excluding hydrogens is 296 g/mol. The third kappa shape index (κ3) is 4.04. The summed E-state index contributed by atoms with van der Waals surface area (Å²) in [6, 6.07) is 16.7. The lowest BCUT2D eigenvalue weighted by molar-refractivity contribution is -0.132. The van der Waals surface area contributed by atoms with Crippen molar-refractivity contribution in [1.29, 1.82) is 0 Å². The fourth-order valence-electron chi connectivity index (χ4n) is 3.27. The topological polar surface area (TPSA) is 23.6 Å². The highest BCUT2D eigenvalue weighted by Crippen LogP contribution is 2.14. The maximum atomic E-state index is 12.5. The van der Waals surface area contributed by atoms with E-state index in [1.807, 2.05) is 17.0 Å². The van der Waals surface area contributed by atoms with Gasteiger partial charge in [-0.1, -0.05) is 48.5 Å².